The van der Waals surface area contributed by atoms with Gasteiger partial charge in [-0.2, -0.15) is 0 Å². The summed E-state index contributed by atoms with van der Waals surface area (Å²) in [6, 6.07) is 1.82. The Balaban J connectivity index is 2.77. The molecule has 0 saturated heterocycles. The van der Waals surface area contributed by atoms with Crippen molar-refractivity contribution >= 4 is 17.6 Å². The molecule has 1 aromatic heterocycles. The van der Waals surface area contributed by atoms with Gasteiger partial charge in [-0.1, -0.05) is 0 Å². The lowest BCUT2D eigenvalue weighted by molar-refractivity contribution is -0.136. The number of aromatic nitrogens is 2. The molecule has 0 unspecified atom stereocenters. The molecule has 1 rings (SSSR count). The molecular formula is C11H18N4O2. The highest BCUT2D eigenvalue weighted by Gasteiger charge is 2.07. The third-order valence-electron chi connectivity index (χ3n) is 2.23. The van der Waals surface area contributed by atoms with Gasteiger partial charge >= 0.3 is 5.97 Å². The van der Waals surface area contributed by atoms with Gasteiger partial charge in [-0.3, -0.25) is 4.79 Å². The van der Waals surface area contributed by atoms with Crippen molar-refractivity contribution in [3.8, 4) is 0 Å². The zero-order valence-corrected chi connectivity index (χ0v) is 10.4. The van der Waals surface area contributed by atoms with Crippen LogP contribution in [0.4, 0.5) is 11.6 Å². The molecule has 0 fully saturated rings. The van der Waals surface area contributed by atoms with Gasteiger partial charge in [0.2, 0.25) is 0 Å². The summed E-state index contributed by atoms with van der Waals surface area (Å²) >= 11 is 0. The predicted molar refractivity (Wildman–Crippen MR) is 66.5 cm³/mol. The van der Waals surface area contributed by atoms with Crippen LogP contribution < -0.4 is 10.2 Å². The molecule has 0 atom stereocenters. The highest BCUT2D eigenvalue weighted by atomic mass is 16.4. The molecule has 0 amide bonds. The topological polar surface area (TPSA) is 78.4 Å². The van der Waals surface area contributed by atoms with E-state index in [2.05, 4.69) is 15.3 Å². The Morgan fingerprint density at radius 3 is 2.82 bits per heavy atom. The van der Waals surface area contributed by atoms with Crippen molar-refractivity contribution in [2.24, 2.45) is 0 Å². The summed E-state index contributed by atoms with van der Waals surface area (Å²) in [4.78, 5) is 20.8. The maximum Gasteiger partial charge on any atom is 0.305 e. The minimum atomic E-state index is -0.811. The van der Waals surface area contributed by atoms with Crippen LogP contribution in [0.2, 0.25) is 0 Å². The number of rotatable bonds is 6. The van der Waals surface area contributed by atoms with E-state index in [1.165, 1.54) is 0 Å². The number of anilines is 2. The second-order valence-corrected chi connectivity index (χ2v) is 3.75. The maximum absolute atomic E-state index is 10.5. The van der Waals surface area contributed by atoms with Crippen LogP contribution in [0.1, 0.15) is 19.2 Å². The highest BCUT2D eigenvalue weighted by Crippen LogP contribution is 2.14. The van der Waals surface area contributed by atoms with Gasteiger partial charge in [0.05, 0.1) is 6.42 Å². The van der Waals surface area contributed by atoms with Crippen molar-refractivity contribution in [3.05, 3.63) is 11.9 Å². The first kappa shape index (κ1) is 13.2. The summed E-state index contributed by atoms with van der Waals surface area (Å²) < 4.78 is 0. The van der Waals surface area contributed by atoms with E-state index >= 15 is 0 Å². The maximum atomic E-state index is 10.5. The van der Waals surface area contributed by atoms with Gasteiger partial charge in [-0.05, 0) is 13.8 Å². The third kappa shape index (κ3) is 4.26. The number of carboxylic acid groups (broad SMARTS) is 1. The van der Waals surface area contributed by atoms with Crippen LogP contribution in [0.3, 0.4) is 0 Å². The quantitative estimate of drug-likeness (QED) is 0.773. The van der Waals surface area contributed by atoms with Crippen molar-refractivity contribution in [2.75, 3.05) is 30.4 Å². The van der Waals surface area contributed by atoms with Crippen molar-refractivity contribution in [1.29, 1.82) is 0 Å². The lowest BCUT2D eigenvalue weighted by Crippen LogP contribution is -2.22. The average molecular weight is 238 g/mol. The zero-order chi connectivity index (χ0) is 12.8. The molecule has 0 radical (unpaired) electrons. The molecule has 0 saturated carbocycles. The molecule has 0 aliphatic heterocycles. The number of carbonyl (C=O) groups is 1. The fourth-order valence-electron chi connectivity index (χ4n) is 1.40. The molecule has 0 spiro atoms. The number of nitrogens with one attached hydrogen (secondary N) is 1. The van der Waals surface area contributed by atoms with Crippen LogP contribution in [0.15, 0.2) is 6.07 Å². The summed E-state index contributed by atoms with van der Waals surface area (Å²) in [5.74, 6) is 1.35. The van der Waals surface area contributed by atoms with Crippen LogP contribution in [-0.4, -0.2) is 41.2 Å². The van der Waals surface area contributed by atoms with Crippen molar-refractivity contribution in [2.45, 2.75) is 20.3 Å². The lowest BCUT2D eigenvalue weighted by atomic mass is 10.4. The molecule has 6 heteroatoms. The zero-order valence-electron chi connectivity index (χ0n) is 10.4. The van der Waals surface area contributed by atoms with Crippen molar-refractivity contribution < 1.29 is 9.90 Å². The first-order chi connectivity index (χ1) is 8.02. The predicted octanol–water partition coefficient (Wildman–Crippen LogP) is 1.13. The molecule has 2 N–H and O–H groups in total. The summed E-state index contributed by atoms with van der Waals surface area (Å²) in [5, 5.41) is 11.7. The number of hydrogen-bond acceptors (Lipinski definition) is 5. The van der Waals surface area contributed by atoms with E-state index < -0.39 is 5.97 Å². The largest absolute Gasteiger partial charge is 0.481 e. The van der Waals surface area contributed by atoms with Gasteiger partial charge in [0.15, 0.2) is 0 Å². The summed E-state index contributed by atoms with van der Waals surface area (Å²) in [6.45, 7) is 5.02. The molecule has 0 aliphatic rings. The first-order valence-electron chi connectivity index (χ1n) is 5.55. The van der Waals surface area contributed by atoms with Crippen molar-refractivity contribution in [3.63, 3.8) is 0 Å². The Morgan fingerprint density at radius 2 is 2.24 bits per heavy atom. The fraction of sp³-hybridized carbons (Fsp3) is 0.545. The number of hydrogen-bond donors (Lipinski definition) is 2. The molecule has 94 valence electrons. The van der Waals surface area contributed by atoms with Crippen molar-refractivity contribution in [1.82, 2.24) is 9.97 Å². The Hall–Kier alpha value is -1.85. The smallest absolute Gasteiger partial charge is 0.305 e. The summed E-state index contributed by atoms with van der Waals surface area (Å²) in [6.07, 6.45) is 0.0933. The second kappa shape index (κ2) is 6.03. The SMILES string of the molecule is CCNc1cc(N(C)CCC(=O)O)nc(C)n1. The van der Waals surface area contributed by atoms with Crippen LogP contribution >= 0.6 is 0 Å². The molecule has 6 nitrogen and oxygen atoms in total. The van der Waals surface area contributed by atoms with Crippen LogP contribution in [0.25, 0.3) is 0 Å². The Bertz CT molecular complexity index is 395. The lowest BCUT2D eigenvalue weighted by Gasteiger charge is -2.18. The number of aliphatic carboxylic acids is 1. The Morgan fingerprint density at radius 1 is 1.53 bits per heavy atom. The van der Waals surface area contributed by atoms with Gasteiger partial charge in [-0.25, -0.2) is 9.97 Å². The van der Waals surface area contributed by atoms with E-state index in [1.54, 1.807) is 0 Å². The van der Waals surface area contributed by atoms with Gasteiger partial charge in [0.1, 0.15) is 17.5 Å². The van der Waals surface area contributed by atoms with E-state index in [9.17, 15) is 4.79 Å². The van der Waals surface area contributed by atoms with Gasteiger partial charge in [0, 0.05) is 26.2 Å². The molecule has 1 heterocycles. The van der Waals surface area contributed by atoms with Gasteiger partial charge < -0.3 is 15.3 Å². The first-order valence-corrected chi connectivity index (χ1v) is 5.55. The van der Waals surface area contributed by atoms with Crippen LogP contribution in [-0.2, 0) is 4.79 Å². The van der Waals surface area contributed by atoms with E-state index in [1.807, 2.05) is 31.9 Å². The van der Waals surface area contributed by atoms with E-state index in [0.717, 1.165) is 18.2 Å². The highest BCUT2D eigenvalue weighted by molar-refractivity contribution is 5.67. The van der Waals surface area contributed by atoms with Gasteiger partial charge in [-0.15, -0.1) is 0 Å². The normalized spacial score (nSPS) is 10.1. The minimum Gasteiger partial charge on any atom is -0.481 e. The average Bonchev–Trinajstić information content (AvgIpc) is 2.25. The number of carboxylic acids is 1. The van der Waals surface area contributed by atoms with Crippen LogP contribution in [0, 0.1) is 6.92 Å². The minimum absolute atomic E-state index is 0.0933. The number of aryl methyl sites for hydroxylation is 1. The van der Waals surface area contributed by atoms with Crippen LogP contribution in [0.5, 0.6) is 0 Å². The molecule has 0 bridgehead atoms. The fourth-order valence-corrected chi connectivity index (χ4v) is 1.40. The summed E-state index contributed by atoms with van der Waals surface area (Å²) in [7, 11) is 1.82. The van der Waals surface area contributed by atoms with E-state index in [0.29, 0.717) is 12.4 Å². The standard InChI is InChI=1S/C11H18N4O2/c1-4-12-9-7-10(14-8(2)13-9)15(3)6-5-11(16)17/h7H,4-6H2,1-3H3,(H,16,17)(H,12,13,14). The Labute approximate surface area is 101 Å². The van der Waals surface area contributed by atoms with Gasteiger partial charge in [0.25, 0.3) is 0 Å². The van der Waals surface area contributed by atoms with E-state index in [4.69, 9.17) is 5.11 Å². The second-order valence-electron chi connectivity index (χ2n) is 3.75. The molecule has 0 aliphatic carbocycles. The molecular weight excluding hydrogens is 220 g/mol. The Kier molecular flexibility index (Phi) is 4.68. The molecule has 17 heavy (non-hydrogen) atoms. The van der Waals surface area contributed by atoms with E-state index in [-0.39, 0.29) is 6.42 Å². The molecule has 0 aromatic carbocycles. The monoisotopic (exact) mass is 238 g/mol. The molecule has 1 aromatic rings. The summed E-state index contributed by atoms with van der Waals surface area (Å²) in [5.41, 5.74) is 0. The third-order valence-corrected chi connectivity index (χ3v) is 2.23. The number of nitrogens with zero attached hydrogens (tertiary/aromatic N) is 3.